The molecule has 4 aliphatic carbocycles. The Labute approximate surface area is 181 Å². The quantitative estimate of drug-likeness (QED) is 0.605. The third kappa shape index (κ3) is 2.87. The zero-order valence-electron chi connectivity index (χ0n) is 18.5. The molecule has 1 aromatic carbocycles. The summed E-state index contributed by atoms with van der Waals surface area (Å²) in [5.41, 5.74) is 2.02. The molecule has 2 unspecified atom stereocenters. The maximum atomic E-state index is 6.42. The molecule has 1 heterocycles. The van der Waals surface area contributed by atoms with E-state index in [-0.39, 0.29) is 6.10 Å². The molecule has 3 nitrogen and oxygen atoms in total. The van der Waals surface area contributed by atoms with Crippen LogP contribution in [0.15, 0.2) is 36.1 Å². The number of fused-ring (bicyclic) bond motifs is 6. The summed E-state index contributed by atoms with van der Waals surface area (Å²) in [4.78, 5) is 0. The van der Waals surface area contributed by atoms with Gasteiger partial charge in [-0.15, -0.1) is 0 Å². The van der Waals surface area contributed by atoms with Gasteiger partial charge in [-0.25, -0.2) is 0 Å². The average Bonchev–Trinajstić information content (AvgIpc) is 3.19. The minimum absolute atomic E-state index is 0.0871. The zero-order chi connectivity index (χ0) is 20.3. The zero-order valence-corrected chi connectivity index (χ0v) is 18.5. The van der Waals surface area contributed by atoms with Crippen molar-refractivity contribution >= 4 is 0 Å². The van der Waals surface area contributed by atoms with Gasteiger partial charge in [0.05, 0.1) is 13.7 Å². The van der Waals surface area contributed by atoms with Crippen LogP contribution in [0.1, 0.15) is 63.4 Å². The van der Waals surface area contributed by atoms with Crippen LogP contribution in [-0.2, 0) is 9.47 Å². The topological polar surface area (TPSA) is 27.7 Å². The summed E-state index contributed by atoms with van der Waals surface area (Å²) in [5.74, 6) is 6.45. The number of benzene rings is 1. The monoisotopic (exact) mass is 408 g/mol. The highest BCUT2D eigenvalue weighted by Gasteiger charge is 2.56. The number of methoxy groups -OCH3 is 1. The second-order valence-electron chi connectivity index (χ2n) is 10.8. The van der Waals surface area contributed by atoms with Crippen molar-refractivity contribution in [2.45, 2.75) is 63.9 Å². The SMILES string of the molecule is COc1ccc([C@@H]2C3OCCOC3=CC3CC[C@@H]4[C@H](CC[C@]5(C)CCC[C@@H]45)[C@H]32)cc1. The molecule has 1 aliphatic heterocycles. The molecule has 3 saturated carbocycles. The normalized spacial score (nSPS) is 44.6. The maximum Gasteiger partial charge on any atom is 0.122 e. The predicted octanol–water partition coefficient (Wildman–Crippen LogP) is 5.95. The Morgan fingerprint density at radius 2 is 1.83 bits per heavy atom. The summed E-state index contributed by atoms with van der Waals surface area (Å²) < 4.78 is 18.0. The first-order chi connectivity index (χ1) is 14.7. The number of rotatable bonds is 2. The van der Waals surface area contributed by atoms with Crippen LogP contribution in [0.3, 0.4) is 0 Å². The van der Waals surface area contributed by atoms with E-state index < -0.39 is 0 Å². The molecule has 3 heteroatoms. The molecular formula is C27H36O3. The van der Waals surface area contributed by atoms with E-state index in [9.17, 15) is 0 Å². The van der Waals surface area contributed by atoms with Crippen molar-refractivity contribution in [3.63, 3.8) is 0 Å². The fourth-order valence-corrected chi connectivity index (χ4v) is 8.38. The lowest BCUT2D eigenvalue weighted by atomic mass is 9.49. The molecule has 0 N–H and O–H groups in total. The lowest BCUT2D eigenvalue weighted by Crippen LogP contribution is -2.51. The molecule has 30 heavy (non-hydrogen) atoms. The smallest absolute Gasteiger partial charge is 0.122 e. The second kappa shape index (κ2) is 7.29. The van der Waals surface area contributed by atoms with E-state index in [0.29, 0.717) is 36.4 Å². The van der Waals surface area contributed by atoms with Crippen molar-refractivity contribution in [3.8, 4) is 5.75 Å². The van der Waals surface area contributed by atoms with Crippen molar-refractivity contribution in [2.75, 3.05) is 20.3 Å². The fraction of sp³-hybridized carbons (Fsp3) is 0.704. The minimum Gasteiger partial charge on any atom is -0.497 e. The summed E-state index contributed by atoms with van der Waals surface area (Å²) in [6.45, 7) is 4.01. The van der Waals surface area contributed by atoms with Crippen LogP contribution in [0.25, 0.3) is 0 Å². The van der Waals surface area contributed by atoms with Gasteiger partial charge in [-0.3, -0.25) is 0 Å². The lowest BCUT2D eigenvalue weighted by Gasteiger charge is -2.57. The van der Waals surface area contributed by atoms with Crippen LogP contribution in [-0.4, -0.2) is 26.4 Å². The van der Waals surface area contributed by atoms with Gasteiger partial charge in [-0.2, -0.15) is 0 Å². The van der Waals surface area contributed by atoms with Crippen molar-refractivity contribution < 1.29 is 14.2 Å². The number of hydrogen-bond acceptors (Lipinski definition) is 3. The van der Waals surface area contributed by atoms with E-state index >= 15 is 0 Å². The van der Waals surface area contributed by atoms with Crippen LogP contribution in [0.5, 0.6) is 5.75 Å². The van der Waals surface area contributed by atoms with E-state index in [1.54, 1.807) is 7.11 Å². The van der Waals surface area contributed by atoms with Crippen molar-refractivity contribution in [1.82, 2.24) is 0 Å². The summed E-state index contributed by atoms with van der Waals surface area (Å²) >= 11 is 0. The third-order valence-electron chi connectivity index (χ3n) is 9.65. The maximum absolute atomic E-state index is 6.42. The third-order valence-corrected chi connectivity index (χ3v) is 9.65. The minimum atomic E-state index is 0.0871. The molecule has 4 fully saturated rings. The van der Waals surface area contributed by atoms with Crippen LogP contribution in [0.4, 0.5) is 0 Å². The van der Waals surface area contributed by atoms with Gasteiger partial charge in [0.15, 0.2) is 0 Å². The van der Waals surface area contributed by atoms with Crippen molar-refractivity contribution in [1.29, 1.82) is 0 Å². The van der Waals surface area contributed by atoms with E-state index in [0.717, 1.165) is 29.3 Å². The van der Waals surface area contributed by atoms with E-state index in [1.807, 2.05) is 0 Å². The van der Waals surface area contributed by atoms with E-state index in [4.69, 9.17) is 14.2 Å². The van der Waals surface area contributed by atoms with Crippen LogP contribution < -0.4 is 4.74 Å². The second-order valence-corrected chi connectivity index (χ2v) is 10.8. The van der Waals surface area contributed by atoms with E-state index in [2.05, 4.69) is 37.3 Å². The number of ether oxygens (including phenoxy) is 3. The molecule has 1 saturated heterocycles. The van der Waals surface area contributed by atoms with Gasteiger partial charge in [0.1, 0.15) is 24.2 Å². The first kappa shape index (κ1) is 19.2. The Balaban J connectivity index is 1.40. The first-order valence-corrected chi connectivity index (χ1v) is 12.3. The van der Waals surface area contributed by atoms with Gasteiger partial charge in [0.2, 0.25) is 0 Å². The first-order valence-electron chi connectivity index (χ1n) is 12.3. The molecule has 162 valence electrons. The van der Waals surface area contributed by atoms with Crippen LogP contribution in [0.2, 0.25) is 0 Å². The molecule has 6 rings (SSSR count). The summed E-state index contributed by atoms with van der Waals surface area (Å²) in [5, 5.41) is 0. The van der Waals surface area contributed by atoms with E-state index in [1.165, 1.54) is 50.5 Å². The lowest BCUT2D eigenvalue weighted by molar-refractivity contribution is -0.106. The largest absolute Gasteiger partial charge is 0.497 e. The molecule has 0 amide bonds. The highest BCUT2D eigenvalue weighted by molar-refractivity contribution is 5.35. The number of allylic oxidation sites excluding steroid dienone is 1. The highest BCUT2D eigenvalue weighted by Crippen LogP contribution is 2.64. The van der Waals surface area contributed by atoms with Crippen molar-refractivity contribution in [2.24, 2.45) is 35.0 Å². The van der Waals surface area contributed by atoms with Gasteiger partial charge in [0.25, 0.3) is 0 Å². The Morgan fingerprint density at radius 1 is 0.967 bits per heavy atom. The van der Waals surface area contributed by atoms with Gasteiger partial charge in [0, 0.05) is 5.92 Å². The molecular weight excluding hydrogens is 372 g/mol. The standard InChI is InChI=1S/C27H36O3/c1-27-12-3-4-22(27)20-10-7-18-16-23-26(30-15-14-29-23)25(24(18)21(20)11-13-27)17-5-8-19(28-2)9-6-17/h5-6,8-9,16,18,20-22,24-26H,3-4,7,10-15H2,1-2H3/t18?,20-,21+,22+,24+,25+,26?,27+/m1/s1. The van der Waals surface area contributed by atoms with Gasteiger partial charge >= 0.3 is 0 Å². The molecule has 0 bridgehead atoms. The van der Waals surface area contributed by atoms with Crippen LogP contribution in [0, 0.1) is 35.0 Å². The molecule has 5 aliphatic rings. The summed E-state index contributed by atoms with van der Waals surface area (Å²) in [6.07, 6.45) is 12.5. The van der Waals surface area contributed by atoms with Crippen LogP contribution >= 0.6 is 0 Å². The Hall–Kier alpha value is -1.48. The average molecular weight is 409 g/mol. The Kier molecular flexibility index (Phi) is 4.67. The molecule has 8 atom stereocenters. The summed E-state index contributed by atoms with van der Waals surface area (Å²) in [6, 6.07) is 8.82. The molecule has 0 radical (unpaired) electrons. The Bertz CT molecular complexity index is 814. The molecule has 0 aromatic heterocycles. The molecule has 1 aromatic rings. The number of hydrogen-bond donors (Lipinski definition) is 0. The molecule has 0 spiro atoms. The predicted molar refractivity (Wildman–Crippen MR) is 117 cm³/mol. The summed E-state index contributed by atoms with van der Waals surface area (Å²) in [7, 11) is 1.75. The van der Waals surface area contributed by atoms with Gasteiger partial charge in [-0.1, -0.05) is 25.5 Å². The van der Waals surface area contributed by atoms with Crippen molar-refractivity contribution in [3.05, 3.63) is 41.7 Å². The van der Waals surface area contributed by atoms with Gasteiger partial charge < -0.3 is 14.2 Å². The van der Waals surface area contributed by atoms with Gasteiger partial charge in [-0.05, 0) is 97.3 Å². The Morgan fingerprint density at radius 3 is 2.67 bits per heavy atom. The fourth-order valence-electron chi connectivity index (χ4n) is 8.38. The highest BCUT2D eigenvalue weighted by atomic mass is 16.6.